The number of nitrogens with two attached hydrogens (primary N) is 1. The number of alkyl halides is 4. The molecule has 1 aromatic carbocycles. The summed E-state index contributed by atoms with van der Waals surface area (Å²) in [7, 11) is 1.76. The minimum Gasteiger partial charge on any atom is -0.477 e. The summed E-state index contributed by atoms with van der Waals surface area (Å²) in [6.07, 6.45) is -3.44. The third-order valence-corrected chi connectivity index (χ3v) is 8.66. The highest BCUT2D eigenvalue weighted by molar-refractivity contribution is 6.32. The van der Waals surface area contributed by atoms with E-state index in [1.165, 1.54) is 0 Å². The van der Waals surface area contributed by atoms with Crippen molar-refractivity contribution in [3.63, 3.8) is 0 Å². The molecule has 6 rings (SSSR count). The molecule has 220 valence electrons. The first kappa shape index (κ1) is 28.0. The summed E-state index contributed by atoms with van der Waals surface area (Å²) < 4.78 is 84.8. The number of fused-ring (bicyclic) bond motifs is 1. The normalized spacial score (nSPS) is 24.7. The number of rotatable bonds is 4. The lowest BCUT2D eigenvalue weighted by atomic mass is 9.95. The van der Waals surface area contributed by atoms with Crippen molar-refractivity contribution >= 4 is 34.0 Å². The van der Waals surface area contributed by atoms with Crippen molar-refractivity contribution in [1.29, 1.82) is 0 Å². The number of benzene rings is 1. The monoisotopic (exact) mass is 598 g/mol. The molecule has 14 heteroatoms. The third-order valence-electron chi connectivity index (χ3n) is 8.36. The number of hydrogen-bond acceptors (Lipinski definition) is 8. The maximum atomic E-state index is 16.4. The summed E-state index contributed by atoms with van der Waals surface area (Å²) >= 11 is 5.95. The van der Waals surface area contributed by atoms with Crippen LogP contribution in [0.25, 0.3) is 22.2 Å². The van der Waals surface area contributed by atoms with Crippen molar-refractivity contribution in [1.82, 2.24) is 19.9 Å². The zero-order valence-corrected chi connectivity index (χ0v) is 23.1. The van der Waals surface area contributed by atoms with E-state index in [0.717, 1.165) is 31.5 Å². The number of anilines is 2. The maximum Gasteiger partial charge on any atom is 0.418 e. The highest BCUT2D eigenvalue weighted by Crippen LogP contribution is 2.46. The Labute approximate surface area is 237 Å². The van der Waals surface area contributed by atoms with E-state index in [4.69, 9.17) is 26.8 Å². The number of halogens is 6. The van der Waals surface area contributed by atoms with Crippen LogP contribution in [-0.4, -0.2) is 71.0 Å². The Kier molecular flexibility index (Phi) is 6.80. The van der Waals surface area contributed by atoms with Crippen LogP contribution < -0.4 is 20.1 Å². The smallest absolute Gasteiger partial charge is 0.418 e. The van der Waals surface area contributed by atoms with E-state index < -0.39 is 45.5 Å². The minimum atomic E-state index is -4.93. The van der Waals surface area contributed by atoms with Gasteiger partial charge in [0.2, 0.25) is 5.88 Å². The summed E-state index contributed by atoms with van der Waals surface area (Å²) in [4.78, 5) is 16.9. The molecule has 8 nitrogen and oxygen atoms in total. The van der Waals surface area contributed by atoms with Crippen molar-refractivity contribution in [2.75, 3.05) is 44.0 Å². The Balaban J connectivity index is 1.54. The molecule has 2 aromatic heterocycles. The molecule has 2 saturated heterocycles. The van der Waals surface area contributed by atoms with Gasteiger partial charge in [0, 0.05) is 43.7 Å². The van der Waals surface area contributed by atoms with Gasteiger partial charge in [0.15, 0.2) is 5.82 Å². The lowest BCUT2D eigenvalue weighted by Gasteiger charge is -2.32. The van der Waals surface area contributed by atoms with E-state index in [1.54, 1.807) is 11.9 Å². The van der Waals surface area contributed by atoms with Gasteiger partial charge in [0.1, 0.15) is 35.2 Å². The number of nitrogen functional groups attached to an aromatic ring is 1. The lowest BCUT2D eigenvalue weighted by molar-refractivity contribution is -0.137. The second-order valence-corrected chi connectivity index (χ2v) is 11.4. The molecule has 0 bridgehead atoms. The van der Waals surface area contributed by atoms with Crippen LogP contribution in [0.3, 0.4) is 0 Å². The molecule has 0 radical (unpaired) electrons. The number of aromatic nitrogens is 3. The van der Waals surface area contributed by atoms with Gasteiger partial charge in [-0.3, -0.25) is 4.90 Å². The van der Waals surface area contributed by atoms with Crippen LogP contribution in [0.1, 0.15) is 38.2 Å². The van der Waals surface area contributed by atoms with Gasteiger partial charge in [-0.05, 0) is 38.4 Å². The van der Waals surface area contributed by atoms with Crippen LogP contribution in [0.2, 0.25) is 5.02 Å². The molecule has 3 aliphatic rings. The third kappa shape index (κ3) is 4.76. The number of hydrogen-bond donors (Lipinski definition) is 1. The van der Waals surface area contributed by atoms with Crippen LogP contribution in [0.15, 0.2) is 12.1 Å². The van der Waals surface area contributed by atoms with E-state index in [0.29, 0.717) is 19.4 Å². The topological polar surface area (TPSA) is 89.6 Å². The van der Waals surface area contributed by atoms with Gasteiger partial charge in [-0.25, -0.2) is 13.8 Å². The molecule has 0 spiro atoms. The van der Waals surface area contributed by atoms with Gasteiger partial charge in [0.05, 0.1) is 22.7 Å². The standard InChI is InChI=1S/C27H28ClF5N6O2/c1-13-4-7-40-24-18-22(20(30)21(35-24)16-8-15(34)9-17(28)19(16)27(31,32)33)36-25(37-23(18)38(13)2)41-12-26-5-3-6-39(26)11-14(29)10-26/h8-9,13-14H,3-7,10-12,34H2,1-2H3/t13-,14-,26+/m1/s1. The van der Waals surface area contributed by atoms with Crippen LogP contribution in [0.5, 0.6) is 11.9 Å². The summed E-state index contributed by atoms with van der Waals surface area (Å²) in [5, 5.41) is -0.594. The van der Waals surface area contributed by atoms with Gasteiger partial charge >= 0.3 is 12.2 Å². The fourth-order valence-electron chi connectivity index (χ4n) is 6.18. The fourth-order valence-corrected chi connectivity index (χ4v) is 6.52. The Morgan fingerprint density at radius 2 is 2.02 bits per heavy atom. The number of nitrogens with zero attached hydrogens (tertiary/aromatic N) is 5. The molecule has 3 atom stereocenters. The average Bonchev–Trinajstić information content (AvgIpc) is 3.41. The van der Waals surface area contributed by atoms with E-state index in [9.17, 15) is 17.6 Å². The van der Waals surface area contributed by atoms with E-state index in [-0.39, 0.29) is 53.6 Å². The Morgan fingerprint density at radius 3 is 2.78 bits per heavy atom. The van der Waals surface area contributed by atoms with Crippen LogP contribution >= 0.6 is 11.6 Å². The fraction of sp³-hybridized carbons (Fsp3) is 0.519. The van der Waals surface area contributed by atoms with Gasteiger partial charge in [0.25, 0.3) is 0 Å². The average molecular weight is 599 g/mol. The zero-order chi connectivity index (χ0) is 29.3. The summed E-state index contributed by atoms with van der Waals surface area (Å²) in [5.41, 5.74) is 2.27. The highest BCUT2D eigenvalue weighted by Gasteiger charge is 2.49. The number of pyridine rings is 1. The molecule has 5 heterocycles. The Morgan fingerprint density at radius 1 is 1.24 bits per heavy atom. The van der Waals surface area contributed by atoms with Crippen LogP contribution in [-0.2, 0) is 6.18 Å². The first-order valence-corrected chi connectivity index (χ1v) is 13.7. The van der Waals surface area contributed by atoms with Crippen molar-refractivity contribution in [3.05, 3.63) is 28.5 Å². The van der Waals surface area contributed by atoms with E-state index in [1.807, 2.05) is 6.92 Å². The number of ether oxygens (including phenoxy) is 2. The van der Waals surface area contributed by atoms with Crippen molar-refractivity contribution in [2.45, 2.75) is 56.5 Å². The van der Waals surface area contributed by atoms with Gasteiger partial charge < -0.3 is 20.1 Å². The van der Waals surface area contributed by atoms with E-state index >= 15 is 4.39 Å². The molecular formula is C27H28ClF5N6O2. The lowest BCUT2D eigenvalue weighted by Crippen LogP contribution is -2.43. The zero-order valence-electron chi connectivity index (χ0n) is 22.4. The van der Waals surface area contributed by atoms with Crippen LogP contribution in [0.4, 0.5) is 33.5 Å². The molecule has 2 fully saturated rings. The van der Waals surface area contributed by atoms with Crippen molar-refractivity contribution in [2.24, 2.45) is 0 Å². The van der Waals surface area contributed by atoms with Crippen molar-refractivity contribution < 1.29 is 31.4 Å². The predicted molar refractivity (Wildman–Crippen MR) is 144 cm³/mol. The second-order valence-electron chi connectivity index (χ2n) is 11.0. The molecule has 3 aromatic rings. The second kappa shape index (κ2) is 9.97. The molecule has 0 aliphatic carbocycles. The van der Waals surface area contributed by atoms with E-state index in [2.05, 4.69) is 19.9 Å². The first-order chi connectivity index (χ1) is 19.4. The molecular weight excluding hydrogens is 571 g/mol. The minimum absolute atomic E-state index is 0.0869. The van der Waals surface area contributed by atoms with Gasteiger partial charge in [-0.1, -0.05) is 11.6 Å². The SMILES string of the molecule is C[C@@H]1CCOc2nc(-c3cc(N)cc(Cl)c3C(F)(F)F)c(F)c3nc(OC[C@@]45CCCN4C[C@H](F)C5)nc(c23)N1C. The predicted octanol–water partition coefficient (Wildman–Crippen LogP) is 5.65. The van der Waals surface area contributed by atoms with Crippen molar-refractivity contribution in [3.8, 4) is 23.1 Å². The molecule has 0 amide bonds. The Hall–Kier alpha value is -3.19. The quantitative estimate of drug-likeness (QED) is 0.305. The summed E-state index contributed by atoms with van der Waals surface area (Å²) in [6, 6.07) is 1.64. The molecule has 41 heavy (non-hydrogen) atoms. The maximum absolute atomic E-state index is 16.4. The molecule has 0 saturated carbocycles. The van der Waals surface area contributed by atoms with Gasteiger partial charge in [-0.2, -0.15) is 23.1 Å². The summed E-state index contributed by atoms with van der Waals surface area (Å²) in [5.74, 6) is -1.01. The molecule has 2 N–H and O–H groups in total. The van der Waals surface area contributed by atoms with Gasteiger partial charge in [-0.15, -0.1) is 0 Å². The first-order valence-electron chi connectivity index (χ1n) is 13.3. The molecule has 3 aliphatic heterocycles. The summed E-state index contributed by atoms with van der Waals surface area (Å²) in [6.45, 7) is 3.26. The van der Waals surface area contributed by atoms with Crippen LogP contribution in [0, 0.1) is 5.82 Å². The highest BCUT2D eigenvalue weighted by atomic mass is 35.5. The largest absolute Gasteiger partial charge is 0.477 e. The Bertz CT molecular complexity index is 1520. The molecule has 0 unspecified atom stereocenters.